The van der Waals surface area contributed by atoms with E-state index in [2.05, 4.69) is 42.5 Å². The van der Waals surface area contributed by atoms with Gasteiger partial charge in [0.25, 0.3) is 0 Å². The fraction of sp³-hybridized carbons (Fsp3) is 1.00. The Balaban J connectivity index is 4.47. The van der Waals surface area contributed by atoms with Crippen LogP contribution in [-0.4, -0.2) is 19.1 Å². The average molecular weight is 170 g/mol. The molecule has 0 aliphatic heterocycles. The Bertz CT molecular complexity index is 125. The molecule has 0 aliphatic carbocycles. The molecule has 2 unspecified atom stereocenters. The molecular formula is C10H23BO. The SMILES string of the molecule is BC(C)(CC)C(O)C(C)(C)CC. The molecule has 0 bridgehead atoms. The number of hydrogen-bond acceptors (Lipinski definition) is 1. The highest BCUT2D eigenvalue weighted by Gasteiger charge is 2.36. The topological polar surface area (TPSA) is 20.2 Å². The molecule has 0 saturated heterocycles. The summed E-state index contributed by atoms with van der Waals surface area (Å²) < 4.78 is 0. The molecule has 2 heteroatoms. The molecule has 0 heterocycles. The van der Waals surface area contributed by atoms with Gasteiger partial charge in [0.1, 0.15) is 7.85 Å². The second-order valence-corrected chi connectivity index (χ2v) is 5.09. The van der Waals surface area contributed by atoms with Crippen molar-refractivity contribution in [3.05, 3.63) is 0 Å². The third-order valence-electron chi connectivity index (χ3n) is 3.30. The van der Waals surface area contributed by atoms with E-state index in [1.807, 2.05) is 0 Å². The zero-order valence-corrected chi connectivity index (χ0v) is 9.44. The maximum atomic E-state index is 10.1. The fourth-order valence-corrected chi connectivity index (χ4v) is 1.44. The van der Waals surface area contributed by atoms with E-state index in [0.717, 1.165) is 12.8 Å². The van der Waals surface area contributed by atoms with Gasteiger partial charge in [-0.05, 0) is 17.2 Å². The lowest BCUT2D eigenvalue weighted by Gasteiger charge is -2.40. The molecule has 0 fully saturated rings. The summed E-state index contributed by atoms with van der Waals surface area (Å²) in [4.78, 5) is 0. The van der Waals surface area contributed by atoms with Gasteiger partial charge in [-0.1, -0.05) is 41.0 Å². The Morgan fingerprint density at radius 3 is 1.83 bits per heavy atom. The number of aliphatic hydroxyl groups is 1. The predicted octanol–water partition coefficient (Wildman–Crippen LogP) is 2.01. The highest BCUT2D eigenvalue weighted by atomic mass is 16.3. The van der Waals surface area contributed by atoms with Gasteiger partial charge in [-0.25, -0.2) is 0 Å². The number of aliphatic hydroxyl groups excluding tert-OH is 1. The molecule has 0 radical (unpaired) electrons. The van der Waals surface area contributed by atoms with E-state index >= 15 is 0 Å². The third-order valence-corrected chi connectivity index (χ3v) is 3.30. The van der Waals surface area contributed by atoms with Gasteiger partial charge in [0, 0.05) is 0 Å². The van der Waals surface area contributed by atoms with Crippen molar-refractivity contribution in [2.45, 2.75) is 58.9 Å². The predicted molar refractivity (Wildman–Crippen MR) is 57.3 cm³/mol. The van der Waals surface area contributed by atoms with Crippen LogP contribution in [0.3, 0.4) is 0 Å². The van der Waals surface area contributed by atoms with Crippen LogP contribution in [0.25, 0.3) is 0 Å². The summed E-state index contributed by atoms with van der Waals surface area (Å²) in [6.45, 7) is 10.7. The Kier molecular flexibility index (Phi) is 3.83. The van der Waals surface area contributed by atoms with Crippen molar-refractivity contribution in [2.75, 3.05) is 0 Å². The first-order valence-electron chi connectivity index (χ1n) is 4.96. The Labute approximate surface area is 78.0 Å². The summed E-state index contributed by atoms with van der Waals surface area (Å²) in [5.41, 5.74) is 0.0412. The van der Waals surface area contributed by atoms with Gasteiger partial charge < -0.3 is 5.11 Å². The van der Waals surface area contributed by atoms with Crippen molar-refractivity contribution >= 4 is 7.85 Å². The van der Waals surface area contributed by atoms with Crippen molar-refractivity contribution < 1.29 is 5.11 Å². The lowest BCUT2D eigenvalue weighted by molar-refractivity contribution is 0.0118. The van der Waals surface area contributed by atoms with E-state index in [1.165, 1.54) is 0 Å². The lowest BCUT2D eigenvalue weighted by Crippen LogP contribution is -2.38. The average Bonchev–Trinajstić information content (AvgIpc) is 2.03. The third kappa shape index (κ3) is 2.51. The Morgan fingerprint density at radius 2 is 1.58 bits per heavy atom. The largest absolute Gasteiger partial charge is 0.393 e. The zero-order chi connectivity index (χ0) is 9.99. The molecule has 12 heavy (non-hydrogen) atoms. The van der Waals surface area contributed by atoms with Crippen LogP contribution < -0.4 is 0 Å². The van der Waals surface area contributed by atoms with Crippen LogP contribution in [0.2, 0.25) is 5.31 Å². The molecule has 0 rings (SSSR count). The first-order chi connectivity index (χ1) is 5.28. The minimum absolute atomic E-state index is 0.0412. The van der Waals surface area contributed by atoms with Gasteiger partial charge >= 0.3 is 0 Å². The minimum Gasteiger partial charge on any atom is -0.393 e. The normalized spacial score (nSPS) is 20.2. The first kappa shape index (κ1) is 12.0. The van der Waals surface area contributed by atoms with Crippen LogP contribution in [0.1, 0.15) is 47.5 Å². The second kappa shape index (κ2) is 3.82. The van der Waals surface area contributed by atoms with Crippen LogP contribution in [0.15, 0.2) is 0 Å². The highest BCUT2D eigenvalue weighted by molar-refractivity contribution is 6.15. The van der Waals surface area contributed by atoms with E-state index in [1.54, 1.807) is 0 Å². The van der Waals surface area contributed by atoms with E-state index < -0.39 is 0 Å². The van der Waals surface area contributed by atoms with Crippen LogP contribution in [0.5, 0.6) is 0 Å². The standard InChI is InChI=1S/C10H23BO/c1-6-9(3,4)8(12)10(5,11)7-2/h8,12H,6-7,11H2,1-5H3. The zero-order valence-electron chi connectivity index (χ0n) is 9.44. The minimum atomic E-state index is -0.208. The molecule has 2 atom stereocenters. The maximum Gasteiger partial charge on any atom is 0.112 e. The Morgan fingerprint density at radius 1 is 1.17 bits per heavy atom. The molecule has 1 nitrogen and oxygen atoms in total. The molecule has 72 valence electrons. The maximum absolute atomic E-state index is 10.1. The summed E-state index contributed by atoms with van der Waals surface area (Å²) in [5, 5.41) is 10.1. The van der Waals surface area contributed by atoms with Gasteiger partial charge in [-0.2, -0.15) is 0 Å². The van der Waals surface area contributed by atoms with Crippen molar-refractivity contribution in [1.82, 2.24) is 0 Å². The van der Waals surface area contributed by atoms with E-state index in [4.69, 9.17) is 0 Å². The quantitative estimate of drug-likeness (QED) is 0.640. The number of rotatable bonds is 4. The van der Waals surface area contributed by atoms with Crippen LogP contribution in [0, 0.1) is 5.41 Å². The summed E-state index contributed by atoms with van der Waals surface area (Å²) in [7, 11) is 2.13. The molecule has 0 aromatic rings. The second-order valence-electron chi connectivity index (χ2n) is 5.09. The molecular weight excluding hydrogens is 147 g/mol. The molecule has 0 aromatic heterocycles. The Hall–Kier alpha value is 0.0249. The van der Waals surface area contributed by atoms with Crippen molar-refractivity contribution in [2.24, 2.45) is 5.41 Å². The van der Waals surface area contributed by atoms with Gasteiger partial charge in [-0.15, -0.1) is 0 Å². The highest BCUT2D eigenvalue weighted by Crippen LogP contribution is 2.41. The molecule has 0 aliphatic rings. The summed E-state index contributed by atoms with van der Waals surface area (Å²) in [6, 6.07) is 0. The molecule has 0 saturated carbocycles. The van der Waals surface area contributed by atoms with Crippen LogP contribution >= 0.6 is 0 Å². The van der Waals surface area contributed by atoms with Crippen LogP contribution in [0.4, 0.5) is 0 Å². The summed E-state index contributed by atoms with van der Waals surface area (Å²) in [6.07, 6.45) is 1.84. The van der Waals surface area contributed by atoms with Crippen molar-refractivity contribution in [1.29, 1.82) is 0 Å². The van der Waals surface area contributed by atoms with E-state index in [-0.39, 0.29) is 16.8 Å². The molecule has 1 N–H and O–H groups in total. The summed E-state index contributed by atoms with van der Waals surface area (Å²) >= 11 is 0. The molecule has 0 amide bonds. The van der Waals surface area contributed by atoms with E-state index in [9.17, 15) is 5.11 Å². The molecule has 0 aromatic carbocycles. The fourth-order valence-electron chi connectivity index (χ4n) is 1.44. The smallest absolute Gasteiger partial charge is 0.112 e. The van der Waals surface area contributed by atoms with Gasteiger partial charge in [0.05, 0.1) is 6.10 Å². The summed E-state index contributed by atoms with van der Waals surface area (Å²) in [5.74, 6) is 0. The monoisotopic (exact) mass is 170 g/mol. The van der Waals surface area contributed by atoms with Gasteiger partial charge in [0.2, 0.25) is 0 Å². The first-order valence-corrected chi connectivity index (χ1v) is 4.96. The van der Waals surface area contributed by atoms with Crippen molar-refractivity contribution in [3.63, 3.8) is 0 Å². The van der Waals surface area contributed by atoms with E-state index in [0.29, 0.717) is 0 Å². The van der Waals surface area contributed by atoms with Crippen LogP contribution in [-0.2, 0) is 0 Å². The van der Waals surface area contributed by atoms with Gasteiger partial charge in [0.15, 0.2) is 0 Å². The number of hydrogen-bond donors (Lipinski definition) is 1. The lowest BCUT2D eigenvalue weighted by atomic mass is 9.58. The van der Waals surface area contributed by atoms with Crippen molar-refractivity contribution in [3.8, 4) is 0 Å². The molecule has 0 spiro atoms. The van der Waals surface area contributed by atoms with Gasteiger partial charge in [-0.3, -0.25) is 0 Å².